The molecule has 4 aromatic carbocycles. The van der Waals surface area contributed by atoms with Crippen molar-refractivity contribution in [3.8, 4) is 17.0 Å². The van der Waals surface area contributed by atoms with Crippen LogP contribution in [0.5, 0.6) is 5.75 Å². The Morgan fingerprint density at radius 1 is 1.00 bits per heavy atom. The zero-order valence-corrected chi connectivity index (χ0v) is 24.8. The molecule has 1 aliphatic rings. The van der Waals surface area contributed by atoms with Gasteiger partial charge in [-0.1, -0.05) is 87.5 Å². The van der Waals surface area contributed by atoms with Crippen LogP contribution < -0.4 is 21.1 Å². The van der Waals surface area contributed by atoms with Gasteiger partial charge in [-0.15, -0.1) is 0 Å². The van der Waals surface area contributed by atoms with Gasteiger partial charge >= 0.3 is 0 Å². The molecule has 5 aromatic rings. The number of nitrogens with zero attached hydrogens (tertiary/aromatic N) is 2. The van der Waals surface area contributed by atoms with E-state index in [0.29, 0.717) is 41.5 Å². The quantitative estimate of drug-likeness (QED) is 0.220. The summed E-state index contributed by atoms with van der Waals surface area (Å²) in [6.45, 7) is 7.53. The molecule has 0 saturated carbocycles. The van der Waals surface area contributed by atoms with Crippen LogP contribution in [0.2, 0.25) is 0 Å². The number of nitrogens with two attached hydrogens (primary N) is 1. The number of primary amides is 1. The highest BCUT2D eigenvalue weighted by Crippen LogP contribution is 2.36. The fraction of sp³-hybridized carbons (Fsp3) is 0.229. The summed E-state index contributed by atoms with van der Waals surface area (Å²) in [7, 11) is 1.56. The normalized spacial score (nSPS) is 12.6. The summed E-state index contributed by atoms with van der Waals surface area (Å²) in [5.41, 5.74) is 12.4. The SMILES string of the molecule is COc1ccc2ccccc2c1C(=O)NCc1ccc(-c2nn3c(c2C(N)=O)Nc2ccc(C(C)(C)C)cc2CC3)cc1. The summed E-state index contributed by atoms with van der Waals surface area (Å²) in [5, 5.41) is 13.1. The van der Waals surface area contributed by atoms with Gasteiger partial charge in [0.1, 0.15) is 22.8 Å². The van der Waals surface area contributed by atoms with Crippen LogP contribution in [-0.2, 0) is 24.9 Å². The van der Waals surface area contributed by atoms with Gasteiger partial charge in [-0.25, -0.2) is 4.68 Å². The first kappa shape index (κ1) is 28.0. The number of hydrogen-bond donors (Lipinski definition) is 3. The molecule has 6 rings (SSSR count). The average Bonchev–Trinajstić information content (AvgIpc) is 3.26. The summed E-state index contributed by atoms with van der Waals surface area (Å²) in [6.07, 6.45) is 0.776. The van der Waals surface area contributed by atoms with Crippen LogP contribution >= 0.6 is 0 Å². The number of fused-ring (bicyclic) bond motifs is 3. The van der Waals surface area contributed by atoms with E-state index in [9.17, 15) is 9.59 Å². The fourth-order valence-corrected chi connectivity index (χ4v) is 5.64. The molecule has 0 fully saturated rings. The van der Waals surface area contributed by atoms with Gasteiger partial charge in [-0.3, -0.25) is 9.59 Å². The van der Waals surface area contributed by atoms with Crippen LogP contribution in [-0.4, -0.2) is 28.7 Å². The van der Waals surface area contributed by atoms with Gasteiger partial charge in [0.15, 0.2) is 0 Å². The molecule has 0 unspecified atom stereocenters. The lowest BCUT2D eigenvalue weighted by atomic mass is 9.85. The highest BCUT2D eigenvalue weighted by Gasteiger charge is 2.27. The highest BCUT2D eigenvalue weighted by molar-refractivity contribution is 6.09. The first-order valence-electron chi connectivity index (χ1n) is 14.4. The lowest BCUT2D eigenvalue weighted by Crippen LogP contribution is -2.23. The Bertz CT molecular complexity index is 1870. The number of rotatable bonds is 6. The Kier molecular flexibility index (Phi) is 7.13. The molecule has 0 bridgehead atoms. The zero-order chi connectivity index (χ0) is 30.3. The van der Waals surface area contributed by atoms with E-state index in [1.807, 2.05) is 65.3 Å². The van der Waals surface area contributed by atoms with E-state index in [1.54, 1.807) is 7.11 Å². The molecule has 0 radical (unpaired) electrons. The maximum absolute atomic E-state index is 13.3. The molecule has 0 saturated heterocycles. The van der Waals surface area contributed by atoms with Crippen LogP contribution in [0.4, 0.5) is 11.5 Å². The van der Waals surface area contributed by atoms with E-state index in [-0.39, 0.29) is 11.3 Å². The van der Waals surface area contributed by atoms with E-state index in [2.05, 4.69) is 49.6 Å². The third-order valence-electron chi connectivity index (χ3n) is 8.03. The summed E-state index contributed by atoms with van der Waals surface area (Å²) >= 11 is 0. The van der Waals surface area contributed by atoms with Crippen molar-refractivity contribution in [2.45, 2.75) is 45.7 Å². The molecular formula is C35H35N5O3. The molecule has 2 amide bonds. The van der Waals surface area contributed by atoms with Crippen molar-refractivity contribution < 1.29 is 14.3 Å². The van der Waals surface area contributed by atoms with Crippen molar-refractivity contribution in [2.75, 3.05) is 12.4 Å². The second-order valence-corrected chi connectivity index (χ2v) is 11.9. The highest BCUT2D eigenvalue weighted by atomic mass is 16.5. The maximum Gasteiger partial charge on any atom is 0.255 e. The molecule has 0 spiro atoms. The monoisotopic (exact) mass is 573 g/mol. The van der Waals surface area contributed by atoms with Crippen molar-refractivity contribution in [3.05, 3.63) is 107 Å². The molecule has 4 N–H and O–H groups in total. The molecular weight excluding hydrogens is 538 g/mol. The molecule has 0 atom stereocenters. The maximum atomic E-state index is 13.3. The van der Waals surface area contributed by atoms with Gasteiger partial charge in [0.05, 0.1) is 12.7 Å². The number of amides is 2. The van der Waals surface area contributed by atoms with E-state index >= 15 is 0 Å². The van der Waals surface area contributed by atoms with Gasteiger partial charge in [-0.2, -0.15) is 5.10 Å². The summed E-state index contributed by atoms with van der Waals surface area (Å²) in [5.74, 6) is 0.368. The Labute approximate surface area is 250 Å². The molecule has 218 valence electrons. The topological polar surface area (TPSA) is 111 Å². The third-order valence-corrected chi connectivity index (χ3v) is 8.03. The number of benzene rings is 4. The molecule has 2 heterocycles. The van der Waals surface area contributed by atoms with E-state index in [1.165, 1.54) is 11.1 Å². The Hall–Kier alpha value is -5.11. The van der Waals surface area contributed by atoms with Gasteiger partial charge in [0.2, 0.25) is 0 Å². The minimum Gasteiger partial charge on any atom is -0.496 e. The van der Waals surface area contributed by atoms with Crippen molar-refractivity contribution in [3.63, 3.8) is 0 Å². The Morgan fingerprint density at radius 2 is 1.77 bits per heavy atom. The molecule has 1 aliphatic heterocycles. The number of carbonyl (C=O) groups excluding carboxylic acids is 2. The molecule has 43 heavy (non-hydrogen) atoms. The number of ether oxygens (including phenoxy) is 1. The first-order chi connectivity index (χ1) is 20.6. The van der Waals surface area contributed by atoms with E-state index in [0.717, 1.165) is 34.0 Å². The van der Waals surface area contributed by atoms with Crippen molar-refractivity contribution in [2.24, 2.45) is 5.73 Å². The van der Waals surface area contributed by atoms with Gasteiger partial charge < -0.3 is 21.1 Å². The number of aromatic nitrogens is 2. The minimum atomic E-state index is -0.543. The average molecular weight is 574 g/mol. The van der Waals surface area contributed by atoms with Crippen LogP contribution in [0.3, 0.4) is 0 Å². The lowest BCUT2D eigenvalue weighted by molar-refractivity contribution is 0.0948. The summed E-state index contributed by atoms with van der Waals surface area (Å²) in [6, 6.07) is 25.5. The molecule has 8 nitrogen and oxygen atoms in total. The second kappa shape index (κ2) is 10.9. The Balaban J connectivity index is 1.24. The number of anilines is 2. The summed E-state index contributed by atoms with van der Waals surface area (Å²) < 4.78 is 7.32. The van der Waals surface area contributed by atoms with E-state index in [4.69, 9.17) is 15.6 Å². The van der Waals surface area contributed by atoms with Gasteiger partial charge in [-0.05, 0) is 51.4 Å². The van der Waals surface area contributed by atoms with Crippen molar-refractivity contribution in [1.82, 2.24) is 15.1 Å². The lowest BCUT2D eigenvalue weighted by Gasteiger charge is -2.21. The second-order valence-electron chi connectivity index (χ2n) is 11.9. The van der Waals surface area contributed by atoms with Crippen LogP contribution in [0.1, 0.15) is 58.2 Å². The van der Waals surface area contributed by atoms with E-state index < -0.39 is 5.91 Å². The number of carbonyl (C=O) groups is 2. The standard InChI is InChI=1S/C35H35N5O3/c1-35(2,3)25-14-15-27-24(19-25)17-18-40-33(38-27)30(32(36)41)31(39-40)23-11-9-21(10-12-23)20-37-34(42)29-26-8-6-5-7-22(26)13-16-28(29)43-4/h5-16,19,38H,17-18,20H2,1-4H3,(H2,36,41)(H,37,42). The largest absolute Gasteiger partial charge is 0.496 e. The number of hydrogen-bond acceptors (Lipinski definition) is 5. The van der Waals surface area contributed by atoms with Gasteiger partial charge in [0.25, 0.3) is 11.8 Å². The number of nitrogens with one attached hydrogen (secondary N) is 2. The predicted molar refractivity (Wildman–Crippen MR) is 170 cm³/mol. The van der Waals surface area contributed by atoms with Crippen LogP contribution in [0.15, 0.2) is 78.9 Å². The smallest absolute Gasteiger partial charge is 0.255 e. The summed E-state index contributed by atoms with van der Waals surface area (Å²) in [4.78, 5) is 26.0. The molecule has 0 aliphatic carbocycles. The minimum absolute atomic E-state index is 0.0399. The zero-order valence-electron chi connectivity index (χ0n) is 24.8. The third kappa shape index (κ3) is 5.32. The number of methoxy groups -OCH3 is 1. The van der Waals surface area contributed by atoms with Crippen LogP contribution in [0, 0.1) is 0 Å². The molecule has 1 aromatic heterocycles. The Morgan fingerprint density at radius 3 is 2.49 bits per heavy atom. The predicted octanol–water partition coefficient (Wildman–Crippen LogP) is 6.34. The first-order valence-corrected chi connectivity index (χ1v) is 14.4. The number of aryl methyl sites for hydroxylation is 2. The molecule has 8 heteroatoms. The van der Waals surface area contributed by atoms with Crippen molar-refractivity contribution >= 4 is 34.1 Å². The van der Waals surface area contributed by atoms with Crippen molar-refractivity contribution in [1.29, 1.82) is 0 Å². The van der Waals surface area contributed by atoms with Gasteiger partial charge in [0, 0.05) is 24.3 Å². The fourth-order valence-electron chi connectivity index (χ4n) is 5.64. The van der Waals surface area contributed by atoms with Crippen LogP contribution in [0.25, 0.3) is 22.0 Å².